The lowest BCUT2D eigenvalue weighted by molar-refractivity contribution is 0.0999. The van der Waals surface area contributed by atoms with Crippen LogP contribution in [0.3, 0.4) is 0 Å². The van der Waals surface area contributed by atoms with Crippen LogP contribution in [0.1, 0.15) is 21.5 Å². The largest absolute Gasteiger partial charge is 0.409 e. The first-order valence-corrected chi connectivity index (χ1v) is 9.04. The maximum atomic E-state index is 12.8. The molecule has 1 N–H and O–H groups in total. The van der Waals surface area contributed by atoms with Crippen molar-refractivity contribution in [3.05, 3.63) is 102 Å². The van der Waals surface area contributed by atoms with E-state index in [2.05, 4.69) is 10.1 Å². The molecule has 0 unspecified atom stereocenters. The van der Waals surface area contributed by atoms with Crippen molar-refractivity contribution in [2.75, 3.05) is 18.0 Å². The van der Waals surface area contributed by atoms with Crippen LogP contribution in [-0.2, 0) is 0 Å². The van der Waals surface area contributed by atoms with Gasteiger partial charge in [-0.3, -0.25) is 4.79 Å². The van der Waals surface area contributed by atoms with Gasteiger partial charge >= 0.3 is 0 Å². The molecule has 138 valence electrons. The number of fused-ring (bicyclic) bond motifs is 1. The molecule has 3 aromatic rings. The molecule has 5 heteroatoms. The van der Waals surface area contributed by atoms with Crippen LogP contribution in [0.15, 0.2) is 95.1 Å². The number of carbonyl (C=O) groups is 1. The molecule has 0 radical (unpaired) electrons. The summed E-state index contributed by atoms with van der Waals surface area (Å²) < 4.78 is 0. The molecule has 4 rings (SSSR count). The third-order valence-electron chi connectivity index (χ3n) is 4.67. The highest BCUT2D eigenvalue weighted by molar-refractivity contribution is 6.21. The van der Waals surface area contributed by atoms with Gasteiger partial charge in [-0.05, 0) is 6.07 Å². The van der Waals surface area contributed by atoms with Crippen molar-refractivity contribution in [3.8, 4) is 0 Å². The third kappa shape index (κ3) is 3.55. The summed E-state index contributed by atoms with van der Waals surface area (Å²) >= 11 is 0. The minimum absolute atomic E-state index is 0.00384. The number of para-hydroxylation sites is 1. The van der Waals surface area contributed by atoms with Crippen molar-refractivity contribution < 1.29 is 10.0 Å². The number of aliphatic imine (C=N–C) groups is 1. The number of rotatable bonds is 4. The number of hydrogen-bond acceptors (Lipinski definition) is 4. The Morgan fingerprint density at radius 2 is 1.57 bits per heavy atom. The number of benzodiazepines with no additional fused rings is 1. The average Bonchev–Trinajstić information content (AvgIpc) is 2.92. The predicted molar refractivity (Wildman–Crippen MR) is 111 cm³/mol. The zero-order valence-electron chi connectivity index (χ0n) is 15.2. The van der Waals surface area contributed by atoms with Gasteiger partial charge in [-0.1, -0.05) is 84.0 Å². The van der Waals surface area contributed by atoms with Gasteiger partial charge in [0.25, 0.3) is 0 Å². The summed E-state index contributed by atoms with van der Waals surface area (Å²) in [4.78, 5) is 19.3. The zero-order valence-corrected chi connectivity index (χ0v) is 15.2. The van der Waals surface area contributed by atoms with E-state index < -0.39 is 0 Å². The van der Waals surface area contributed by atoms with Gasteiger partial charge in [0, 0.05) is 22.4 Å². The molecule has 0 aromatic heterocycles. The summed E-state index contributed by atoms with van der Waals surface area (Å²) in [5, 5.41) is 12.9. The van der Waals surface area contributed by atoms with Gasteiger partial charge in [0.05, 0.1) is 18.8 Å². The molecule has 0 amide bonds. The Labute approximate surface area is 163 Å². The van der Waals surface area contributed by atoms with Crippen LogP contribution >= 0.6 is 0 Å². The molecule has 1 aliphatic heterocycles. The van der Waals surface area contributed by atoms with Crippen LogP contribution in [0.5, 0.6) is 0 Å². The highest BCUT2D eigenvalue weighted by atomic mass is 16.4. The van der Waals surface area contributed by atoms with Crippen LogP contribution in [0, 0.1) is 0 Å². The highest BCUT2D eigenvalue weighted by Crippen LogP contribution is 2.27. The smallest absolute Gasteiger partial charge is 0.187 e. The normalized spacial score (nSPS) is 14.9. The molecule has 0 bridgehead atoms. The Balaban J connectivity index is 1.76. The second-order valence-corrected chi connectivity index (χ2v) is 6.51. The van der Waals surface area contributed by atoms with Gasteiger partial charge in [0.1, 0.15) is 0 Å². The molecule has 0 atom stereocenters. The summed E-state index contributed by atoms with van der Waals surface area (Å²) in [5.74, 6) is 0.256. The Morgan fingerprint density at radius 3 is 2.29 bits per heavy atom. The fourth-order valence-corrected chi connectivity index (χ4v) is 3.33. The molecule has 0 saturated carbocycles. The van der Waals surface area contributed by atoms with E-state index in [-0.39, 0.29) is 24.7 Å². The SMILES string of the molecule is O=C(CN1CC(=NO)N=C(c2ccccc2)c2ccccc21)c1ccccc1. The third-order valence-corrected chi connectivity index (χ3v) is 4.67. The summed E-state index contributed by atoms with van der Waals surface area (Å²) in [6, 6.07) is 26.8. The number of oxime groups is 1. The molecular formula is C23H19N3O2. The molecule has 0 spiro atoms. The predicted octanol–water partition coefficient (Wildman–Crippen LogP) is 4.01. The molecule has 1 aliphatic rings. The number of benzene rings is 3. The average molecular weight is 369 g/mol. The van der Waals surface area contributed by atoms with E-state index in [1.165, 1.54) is 0 Å². The van der Waals surface area contributed by atoms with Gasteiger partial charge in [0.2, 0.25) is 0 Å². The Morgan fingerprint density at radius 1 is 0.929 bits per heavy atom. The maximum absolute atomic E-state index is 12.8. The van der Waals surface area contributed by atoms with Crippen molar-refractivity contribution in [1.29, 1.82) is 0 Å². The minimum Gasteiger partial charge on any atom is -0.409 e. The molecule has 0 aliphatic carbocycles. The zero-order chi connectivity index (χ0) is 19.3. The van der Waals surface area contributed by atoms with Crippen LogP contribution in [-0.4, -0.2) is 35.6 Å². The first-order valence-electron chi connectivity index (χ1n) is 9.04. The van der Waals surface area contributed by atoms with Crippen molar-refractivity contribution in [2.45, 2.75) is 0 Å². The molecule has 5 nitrogen and oxygen atoms in total. The van der Waals surface area contributed by atoms with Crippen molar-refractivity contribution >= 4 is 23.0 Å². The lowest BCUT2D eigenvalue weighted by atomic mass is 10.00. The maximum Gasteiger partial charge on any atom is 0.187 e. The van der Waals surface area contributed by atoms with Crippen LogP contribution in [0.4, 0.5) is 5.69 Å². The number of anilines is 1. The van der Waals surface area contributed by atoms with E-state index in [4.69, 9.17) is 0 Å². The first-order chi connectivity index (χ1) is 13.8. The van der Waals surface area contributed by atoms with Crippen molar-refractivity contribution in [1.82, 2.24) is 0 Å². The monoisotopic (exact) mass is 369 g/mol. The number of nitrogens with zero attached hydrogens (tertiary/aromatic N) is 3. The summed E-state index contributed by atoms with van der Waals surface area (Å²) in [6.07, 6.45) is 0. The van der Waals surface area contributed by atoms with E-state index in [0.29, 0.717) is 5.56 Å². The number of Topliss-reactive ketones (excluding diaryl/α,β-unsaturated/α-hetero) is 1. The lowest BCUT2D eigenvalue weighted by Gasteiger charge is -2.24. The van der Waals surface area contributed by atoms with Crippen LogP contribution in [0.2, 0.25) is 0 Å². The second kappa shape index (κ2) is 7.88. The molecular weight excluding hydrogens is 350 g/mol. The number of hydrogen-bond donors (Lipinski definition) is 1. The molecule has 0 fully saturated rings. The van der Waals surface area contributed by atoms with Crippen molar-refractivity contribution in [2.24, 2.45) is 10.1 Å². The van der Waals surface area contributed by atoms with Gasteiger partial charge in [0.15, 0.2) is 11.6 Å². The van der Waals surface area contributed by atoms with E-state index in [1.807, 2.05) is 77.7 Å². The van der Waals surface area contributed by atoms with Gasteiger partial charge < -0.3 is 10.1 Å². The van der Waals surface area contributed by atoms with Gasteiger partial charge in [-0.2, -0.15) is 0 Å². The van der Waals surface area contributed by atoms with Gasteiger partial charge in [-0.25, -0.2) is 4.99 Å². The first kappa shape index (κ1) is 17.7. The van der Waals surface area contributed by atoms with Crippen LogP contribution in [0.25, 0.3) is 0 Å². The van der Waals surface area contributed by atoms with E-state index in [9.17, 15) is 10.0 Å². The number of carbonyl (C=O) groups excluding carboxylic acids is 1. The van der Waals surface area contributed by atoms with E-state index in [0.717, 1.165) is 22.5 Å². The highest BCUT2D eigenvalue weighted by Gasteiger charge is 2.24. The van der Waals surface area contributed by atoms with Crippen molar-refractivity contribution in [3.63, 3.8) is 0 Å². The fraction of sp³-hybridized carbons (Fsp3) is 0.0870. The second-order valence-electron chi connectivity index (χ2n) is 6.51. The Bertz CT molecular complexity index is 1040. The standard InChI is InChI=1S/C23H19N3O2/c27-21(17-9-3-1-4-10-17)15-26-16-22(25-28)24-23(18-11-5-2-6-12-18)19-13-7-8-14-20(19)26/h1-14,28H,15-16H2. The quantitative estimate of drug-likeness (QED) is 0.429. The number of amidine groups is 1. The minimum atomic E-state index is -0.00384. The Hall–Kier alpha value is -3.73. The van der Waals surface area contributed by atoms with Crippen LogP contribution < -0.4 is 4.90 Å². The number of ketones is 1. The summed E-state index contributed by atoms with van der Waals surface area (Å²) in [6.45, 7) is 0.403. The molecule has 3 aromatic carbocycles. The van der Waals surface area contributed by atoms with E-state index in [1.54, 1.807) is 12.1 Å². The topological polar surface area (TPSA) is 65.3 Å². The molecule has 0 saturated heterocycles. The summed E-state index contributed by atoms with van der Waals surface area (Å²) in [5.41, 5.74) is 4.07. The van der Waals surface area contributed by atoms with E-state index >= 15 is 0 Å². The Kier molecular flexibility index (Phi) is 4.97. The fourth-order valence-electron chi connectivity index (χ4n) is 3.33. The lowest BCUT2D eigenvalue weighted by Crippen LogP contribution is -2.34. The molecule has 28 heavy (non-hydrogen) atoms. The summed E-state index contributed by atoms with van der Waals surface area (Å²) in [7, 11) is 0. The molecule has 1 heterocycles. The van der Waals surface area contributed by atoms with Gasteiger partial charge in [-0.15, -0.1) is 0 Å².